The molecule has 35 heavy (non-hydrogen) atoms. The van der Waals surface area contributed by atoms with Crippen molar-refractivity contribution in [3.8, 4) is 0 Å². The largest absolute Gasteiger partial charge is 0.354 e. The second kappa shape index (κ2) is 12.7. The van der Waals surface area contributed by atoms with E-state index in [2.05, 4.69) is 5.32 Å². The molecule has 1 atom stereocenters. The van der Waals surface area contributed by atoms with Crippen molar-refractivity contribution in [1.29, 1.82) is 0 Å². The van der Waals surface area contributed by atoms with Crippen LogP contribution in [-0.2, 0) is 29.0 Å². The molecule has 3 aromatic rings. The minimum atomic E-state index is -0.753. The van der Waals surface area contributed by atoms with Gasteiger partial charge in [-0.1, -0.05) is 85.6 Å². The SMILES string of the molecule is CC(C)CNC(=O)C(Cc1ccccc1)N(Cc1ccc(F)cc1)C(=O)Cc1ccc(Cl)c(Cl)c1. The highest BCUT2D eigenvalue weighted by atomic mass is 35.5. The maximum absolute atomic E-state index is 13.7. The van der Waals surface area contributed by atoms with Crippen LogP contribution in [0.1, 0.15) is 30.5 Å². The van der Waals surface area contributed by atoms with E-state index in [1.54, 1.807) is 35.2 Å². The van der Waals surface area contributed by atoms with Gasteiger partial charge in [-0.25, -0.2) is 4.39 Å². The Morgan fingerprint density at radius 2 is 1.54 bits per heavy atom. The summed E-state index contributed by atoms with van der Waals surface area (Å²) in [6.45, 7) is 4.68. The molecular weight excluding hydrogens is 486 g/mol. The van der Waals surface area contributed by atoms with E-state index in [0.29, 0.717) is 28.6 Å². The maximum atomic E-state index is 13.7. The summed E-state index contributed by atoms with van der Waals surface area (Å²) in [5.41, 5.74) is 2.35. The summed E-state index contributed by atoms with van der Waals surface area (Å²) in [5, 5.41) is 3.74. The molecule has 4 nitrogen and oxygen atoms in total. The Balaban J connectivity index is 1.95. The molecule has 0 aromatic heterocycles. The number of carbonyl (C=O) groups is 2. The van der Waals surface area contributed by atoms with Gasteiger partial charge < -0.3 is 10.2 Å². The Kier molecular flexibility index (Phi) is 9.70. The van der Waals surface area contributed by atoms with Crippen molar-refractivity contribution in [2.45, 2.75) is 39.3 Å². The Morgan fingerprint density at radius 1 is 0.886 bits per heavy atom. The van der Waals surface area contributed by atoms with Gasteiger partial charge in [-0.2, -0.15) is 0 Å². The fourth-order valence-electron chi connectivity index (χ4n) is 3.69. The molecule has 7 heteroatoms. The second-order valence-corrected chi connectivity index (χ2v) is 9.73. The lowest BCUT2D eigenvalue weighted by Gasteiger charge is -2.32. The van der Waals surface area contributed by atoms with Crippen molar-refractivity contribution in [3.63, 3.8) is 0 Å². The summed E-state index contributed by atoms with van der Waals surface area (Å²) < 4.78 is 13.5. The smallest absolute Gasteiger partial charge is 0.243 e. The number of amides is 2. The lowest BCUT2D eigenvalue weighted by atomic mass is 10.0. The lowest BCUT2D eigenvalue weighted by molar-refractivity contribution is -0.140. The number of rotatable bonds is 10. The Bertz CT molecular complexity index is 1140. The molecular formula is C28H29Cl2FN2O2. The highest BCUT2D eigenvalue weighted by molar-refractivity contribution is 6.42. The van der Waals surface area contributed by atoms with Gasteiger partial charge in [-0.3, -0.25) is 9.59 Å². The van der Waals surface area contributed by atoms with Crippen molar-refractivity contribution >= 4 is 35.0 Å². The van der Waals surface area contributed by atoms with E-state index in [4.69, 9.17) is 23.2 Å². The number of hydrogen-bond acceptors (Lipinski definition) is 2. The Morgan fingerprint density at radius 3 is 2.17 bits per heavy atom. The van der Waals surface area contributed by atoms with E-state index in [1.165, 1.54) is 12.1 Å². The van der Waals surface area contributed by atoms with Crippen LogP contribution in [0.25, 0.3) is 0 Å². The van der Waals surface area contributed by atoms with Crippen LogP contribution in [0.2, 0.25) is 10.0 Å². The number of carbonyl (C=O) groups excluding carboxylic acids is 2. The maximum Gasteiger partial charge on any atom is 0.243 e. The van der Waals surface area contributed by atoms with Crippen LogP contribution < -0.4 is 5.32 Å². The first-order valence-electron chi connectivity index (χ1n) is 11.5. The zero-order chi connectivity index (χ0) is 25.4. The van der Waals surface area contributed by atoms with Crippen molar-refractivity contribution in [3.05, 3.63) is 105 Å². The minimum Gasteiger partial charge on any atom is -0.354 e. The van der Waals surface area contributed by atoms with Crippen LogP contribution in [-0.4, -0.2) is 29.3 Å². The van der Waals surface area contributed by atoms with Gasteiger partial charge in [0.05, 0.1) is 16.5 Å². The van der Waals surface area contributed by atoms with Crippen LogP contribution in [0.5, 0.6) is 0 Å². The first kappa shape index (κ1) is 26.7. The summed E-state index contributed by atoms with van der Waals surface area (Å²) in [7, 11) is 0. The van der Waals surface area contributed by atoms with E-state index in [-0.39, 0.29) is 36.5 Å². The molecule has 0 spiro atoms. The number of benzene rings is 3. The standard InChI is InChI=1S/C28H29Cl2FN2O2/c1-19(2)17-32-28(35)26(15-20-6-4-3-5-7-20)33(18-21-8-11-23(31)12-9-21)27(34)16-22-10-13-24(29)25(30)14-22/h3-14,19,26H,15-18H2,1-2H3,(H,32,35). The predicted octanol–water partition coefficient (Wildman–Crippen LogP) is 6.09. The molecule has 3 aromatic carbocycles. The third-order valence-corrected chi connectivity index (χ3v) is 6.30. The van der Waals surface area contributed by atoms with E-state index in [9.17, 15) is 14.0 Å². The van der Waals surface area contributed by atoms with E-state index >= 15 is 0 Å². The summed E-state index contributed by atoms with van der Waals surface area (Å²) in [4.78, 5) is 28.6. The van der Waals surface area contributed by atoms with Gasteiger partial charge in [0.1, 0.15) is 11.9 Å². The highest BCUT2D eigenvalue weighted by Crippen LogP contribution is 2.24. The highest BCUT2D eigenvalue weighted by Gasteiger charge is 2.30. The molecule has 0 saturated heterocycles. The first-order chi connectivity index (χ1) is 16.7. The molecule has 0 bridgehead atoms. The van der Waals surface area contributed by atoms with Crippen molar-refractivity contribution in [2.24, 2.45) is 5.92 Å². The molecule has 3 rings (SSSR count). The van der Waals surface area contributed by atoms with Crippen LogP contribution >= 0.6 is 23.2 Å². The van der Waals surface area contributed by atoms with Gasteiger partial charge in [0.2, 0.25) is 11.8 Å². The lowest BCUT2D eigenvalue weighted by Crippen LogP contribution is -2.51. The number of nitrogens with one attached hydrogen (secondary N) is 1. The fourth-order valence-corrected chi connectivity index (χ4v) is 4.01. The zero-order valence-electron chi connectivity index (χ0n) is 19.8. The average molecular weight is 515 g/mol. The quantitative estimate of drug-likeness (QED) is 0.356. The van der Waals surface area contributed by atoms with Gasteiger partial charge in [0.25, 0.3) is 0 Å². The third kappa shape index (κ3) is 8.08. The van der Waals surface area contributed by atoms with Gasteiger partial charge in [0, 0.05) is 19.5 Å². The molecule has 0 saturated carbocycles. The monoisotopic (exact) mass is 514 g/mol. The molecule has 0 heterocycles. The molecule has 0 radical (unpaired) electrons. The predicted molar refractivity (Wildman–Crippen MR) is 139 cm³/mol. The molecule has 2 amide bonds. The first-order valence-corrected chi connectivity index (χ1v) is 12.3. The molecule has 1 unspecified atom stereocenters. The molecule has 184 valence electrons. The van der Waals surface area contributed by atoms with Crippen LogP contribution in [0.15, 0.2) is 72.8 Å². The van der Waals surface area contributed by atoms with Gasteiger partial charge >= 0.3 is 0 Å². The zero-order valence-corrected chi connectivity index (χ0v) is 21.3. The number of nitrogens with zero attached hydrogens (tertiary/aromatic N) is 1. The van der Waals surface area contributed by atoms with Gasteiger partial charge in [0.15, 0.2) is 0 Å². The van der Waals surface area contributed by atoms with Crippen molar-refractivity contribution < 1.29 is 14.0 Å². The normalized spacial score (nSPS) is 11.8. The minimum absolute atomic E-state index is 0.0425. The summed E-state index contributed by atoms with van der Waals surface area (Å²) in [6.07, 6.45) is 0.389. The number of hydrogen-bond donors (Lipinski definition) is 1. The van der Waals surface area contributed by atoms with E-state index in [0.717, 1.165) is 11.1 Å². The molecule has 0 fully saturated rings. The Hall–Kier alpha value is -2.89. The van der Waals surface area contributed by atoms with E-state index in [1.807, 2.05) is 44.2 Å². The molecule has 0 aliphatic carbocycles. The fraction of sp³-hybridized carbons (Fsp3) is 0.286. The van der Waals surface area contributed by atoms with Gasteiger partial charge in [-0.05, 0) is 46.9 Å². The summed E-state index contributed by atoms with van der Waals surface area (Å²) in [6, 6.07) is 19.8. The van der Waals surface area contributed by atoms with Crippen LogP contribution in [0, 0.1) is 11.7 Å². The van der Waals surface area contributed by atoms with Crippen molar-refractivity contribution in [1.82, 2.24) is 10.2 Å². The summed E-state index contributed by atoms with van der Waals surface area (Å²) in [5.74, 6) is -0.577. The van der Waals surface area contributed by atoms with E-state index < -0.39 is 6.04 Å². The average Bonchev–Trinajstić information content (AvgIpc) is 2.84. The molecule has 0 aliphatic rings. The van der Waals surface area contributed by atoms with Crippen molar-refractivity contribution in [2.75, 3.05) is 6.54 Å². The second-order valence-electron chi connectivity index (χ2n) is 8.92. The molecule has 0 aliphatic heterocycles. The third-order valence-electron chi connectivity index (χ3n) is 5.56. The van der Waals surface area contributed by atoms with Gasteiger partial charge in [-0.15, -0.1) is 0 Å². The summed E-state index contributed by atoms with van der Waals surface area (Å²) >= 11 is 12.2. The molecule has 1 N–H and O–H groups in total. The topological polar surface area (TPSA) is 49.4 Å². The number of halogens is 3. The van der Waals surface area contributed by atoms with Crippen LogP contribution in [0.4, 0.5) is 4.39 Å². The van der Waals surface area contributed by atoms with Crippen LogP contribution in [0.3, 0.4) is 0 Å². The Labute approximate surface area is 216 Å².